The van der Waals surface area contributed by atoms with Crippen molar-refractivity contribution in [2.75, 3.05) is 34.9 Å². The van der Waals surface area contributed by atoms with Crippen LogP contribution in [0.3, 0.4) is 0 Å². The first-order valence-electron chi connectivity index (χ1n) is 6.00. The Balaban J connectivity index is 2.30. The number of hydrazine groups is 1. The quantitative estimate of drug-likeness (QED) is 0.622. The van der Waals surface area contributed by atoms with E-state index in [0.29, 0.717) is 0 Å². The lowest BCUT2D eigenvalue weighted by Gasteiger charge is -2.29. The van der Waals surface area contributed by atoms with Crippen LogP contribution in [0.4, 0.5) is 11.6 Å². The van der Waals surface area contributed by atoms with Gasteiger partial charge in [-0.2, -0.15) is 11.8 Å². The normalized spacial score (nSPS) is 16.0. The molecule has 0 atom stereocenters. The molecular formula is C11H19N5S. The smallest absolute Gasteiger partial charge is 0.148 e. The van der Waals surface area contributed by atoms with E-state index < -0.39 is 0 Å². The van der Waals surface area contributed by atoms with Crippen LogP contribution in [0.2, 0.25) is 0 Å². The lowest BCUT2D eigenvalue weighted by molar-refractivity contribution is 0.808. The van der Waals surface area contributed by atoms with Crippen molar-refractivity contribution in [3.8, 4) is 0 Å². The highest BCUT2D eigenvalue weighted by atomic mass is 32.2. The van der Waals surface area contributed by atoms with Crippen LogP contribution in [0, 0.1) is 0 Å². The van der Waals surface area contributed by atoms with E-state index in [1.54, 1.807) is 6.33 Å². The second-order valence-corrected chi connectivity index (χ2v) is 5.24. The van der Waals surface area contributed by atoms with Crippen LogP contribution >= 0.6 is 11.8 Å². The molecule has 0 aliphatic carbocycles. The Morgan fingerprint density at radius 2 is 2.18 bits per heavy atom. The maximum atomic E-state index is 5.52. The number of rotatable bonds is 4. The summed E-state index contributed by atoms with van der Waals surface area (Å²) in [5.41, 5.74) is 3.82. The summed E-state index contributed by atoms with van der Waals surface area (Å²) in [6, 6.07) is 0. The van der Waals surface area contributed by atoms with E-state index in [0.717, 1.165) is 43.1 Å². The zero-order valence-electron chi connectivity index (χ0n) is 10.1. The molecule has 1 aliphatic heterocycles. The van der Waals surface area contributed by atoms with Crippen LogP contribution in [-0.2, 0) is 6.42 Å². The average molecular weight is 253 g/mol. The van der Waals surface area contributed by atoms with Crippen molar-refractivity contribution in [1.29, 1.82) is 0 Å². The minimum absolute atomic E-state index is 0.759. The standard InChI is InChI=1S/C11H19N5S/c1-2-3-9-10(15-12)13-8-14-11(9)16-4-6-17-7-5-16/h8H,2-7,12H2,1H3,(H,13,14,15). The van der Waals surface area contributed by atoms with Crippen molar-refractivity contribution in [2.45, 2.75) is 19.8 Å². The Kier molecular flexibility index (Phi) is 4.44. The molecule has 94 valence electrons. The zero-order chi connectivity index (χ0) is 12.1. The van der Waals surface area contributed by atoms with Crippen molar-refractivity contribution in [3.05, 3.63) is 11.9 Å². The second-order valence-electron chi connectivity index (χ2n) is 4.02. The first-order chi connectivity index (χ1) is 8.36. The van der Waals surface area contributed by atoms with Crippen LogP contribution in [0.1, 0.15) is 18.9 Å². The molecule has 1 aromatic rings. The molecule has 1 aromatic heterocycles. The van der Waals surface area contributed by atoms with Gasteiger partial charge in [0.25, 0.3) is 0 Å². The molecule has 17 heavy (non-hydrogen) atoms. The van der Waals surface area contributed by atoms with Gasteiger partial charge in [0, 0.05) is 30.2 Å². The third-order valence-electron chi connectivity index (χ3n) is 2.87. The van der Waals surface area contributed by atoms with Gasteiger partial charge in [-0.3, -0.25) is 0 Å². The number of nitrogen functional groups attached to an aromatic ring is 1. The summed E-state index contributed by atoms with van der Waals surface area (Å²) in [4.78, 5) is 11.0. The highest BCUT2D eigenvalue weighted by molar-refractivity contribution is 7.99. The van der Waals surface area contributed by atoms with E-state index in [4.69, 9.17) is 5.84 Å². The van der Waals surface area contributed by atoms with Gasteiger partial charge in [0.1, 0.15) is 18.0 Å². The Morgan fingerprint density at radius 3 is 2.82 bits per heavy atom. The molecule has 0 spiro atoms. The SMILES string of the molecule is CCCc1c(NN)ncnc1N1CCSCC1. The first kappa shape index (κ1) is 12.4. The summed E-state index contributed by atoms with van der Waals surface area (Å²) in [6.07, 6.45) is 3.61. The first-order valence-corrected chi connectivity index (χ1v) is 7.15. The summed E-state index contributed by atoms with van der Waals surface area (Å²) in [5, 5.41) is 0. The monoisotopic (exact) mass is 253 g/mol. The van der Waals surface area contributed by atoms with Gasteiger partial charge < -0.3 is 10.3 Å². The lowest BCUT2D eigenvalue weighted by atomic mass is 10.1. The molecule has 1 fully saturated rings. The fourth-order valence-electron chi connectivity index (χ4n) is 2.06. The topological polar surface area (TPSA) is 67.1 Å². The predicted molar refractivity (Wildman–Crippen MR) is 73.4 cm³/mol. The molecule has 0 aromatic carbocycles. The molecule has 0 radical (unpaired) electrons. The Labute approximate surface area is 106 Å². The van der Waals surface area contributed by atoms with Crippen LogP contribution in [0.25, 0.3) is 0 Å². The third-order valence-corrected chi connectivity index (χ3v) is 3.81. The van der Waals surface area contributed by atoms with Crippen LogP contribution in [-0.4, -0.2) is 34.6 Å². The van der Waals surface area contributed by atoms with E-state index in [9.17, 15) is 0 Å². The third kappa shape index (κ3) is 2.81. The Bertz CT molecular complexity index is 365. The van der Waals surface area contributed by atoms with Gasteiger partial charge in [-0.05, 0) is 6.42 Å². The molecule has 0 unspecified atom stereocenters. The van der Waals surface area contributed by atoms with Crippen molar-refractivity contribution in [3.63, 3.8) is 0 Å². The molecule has 5 nitrogen and oxygen atoms in total. The zero-order valence-corrected chi connectivity index (χ0v) is 11.0. The van der Waals surface area contributed by atoms with Crippen molar-refractivity contribution in [2.24, 2.45) is 5.84 Å². The minimum Gasteiger partial charge on any atom is -0.355 e. The van der Waals surface area contributed by atoms with E-state index >= 15 is 0 Å². The summed E-state index contributed by atoms with van der Waals surface area (Å²) >= 11 is 2.00. The summed E-state index contributed by atoms with van der Waals surface area (Å²) in [5.74, 6) is 9.66. The number of hydrogen-bond donors (Lipinski definition) is 2. The van der Waals surface area contributed by atoms with Gasteiger partial charge >= 0.3 is 0 Å². The molecule has 6 heteroatoms. The number of nitrogens with two attached hydrogens (primary N) is 1. The molecule has 2 heterocycles. The summed E-state index contributed by atoms with van der Waals surface area (Å²) in [7, 11) is 0. The molecule has 1 saturated heterocycles. The molecule has 0 amide bonds. The predicted octanol–water partition coefficient (Wildman–Crippen LogP) is 1.27. The number of anilines is 2. The molecule has 1 aliphatic rings. The van der Waals surface area contributed by atoms with E-state index in [1.165, 1.54) is 11.5 Å². The van der Waals surface area contributed by atoms with Crippen molar-refractivity contribution >= 4 is 23.4 Å². The van der Waals surface area contributed by atoms with Gasteiger partial charge in [0.15, 0.2) is 0 Å². The highest BCUT2D eigenvalue weighted by Crippen LogP contribution is 2.26. The average Bonchev–Trinajstić information content (AvgIpc) is 2.40. The number of nitrogens with zero attached hydrogens (tertiary/aromatic N) is 3. The van der Waals surface area contributed by atoms with Gasteiger partial charge in [-0.15, -0.1) is 0 Å². The molecule has 0 saturated carbocycles. The molecular weight excluding hydrogens is 234 g/mol. The largest absolute Gasteiger partial charge is 0.355 e. The van der Waals surface area contributed by atoms with Crippen LogP contribution in [0.5, 0.6) is 0 Å². The van der Waals surface area contributed by atoms with Crippen molar-refractivity contribution < 1.29 is 0 Å². The van der Waals surface area contributed by atoms with E-state index in [-0.39, 0.29) is 0 Å². The number of hydrogen-bond acceptors (Lipinski definition) is 6. The molecule has 3 N–H and O–H groups in total. The van der Waals surface area contributed by atoms with Gasteiger partial charge in [0.05, 0.1) is 0 Å². The fourth-order valence-corrected chi connectivity index (χ4v) is 2.96. The summed E-state index contributed by atoms with van der Waals surface area (Å²) < 4.78 is 0. The molecule has 0 bridgehead atoms. The number of aromatic nitrogens is 2. The maximum absolute atomic E-state index is 5.52. The summed E-state index contributed by atoms with van der Waals surface area (Å²) in [6.45, 7) is 4.27. The van der Waals surface area contributed by atoms with Gasteiger partial charge in [-0.25, -0.2) is 15.8 Å². The fraction of sp³-hybridized carbons (Fsp3) is 0.636. The van der Waals surface area contributed by atoms with Crippen molar-refractivity contribution in [1.82, 2.24) is 9.97 Å². The Hall–Kier alpha value is -1.01. The maximum Gasteiger partial charge on any atom is 0.148 e. The van der Waals surface area contributed by atoms with Crippen LogP contribution in [0.15, 0.2) is 6.33 Å². The van der Waals surface area contributed by atoms with Gasteiger partial charge in [0.2, 0.25) is 0 Å². The minimum atomic E-state index is 0.759. The highest BCUT2D eigenvalue weighted by Gasteiger charge is 2.18. The van der Waals surface area contributed by atoms with Crippen LogP contribution < -0.4 is 16.2 Å². The Morgan fingerprint density at radius 1 is 1.41 bits per heavy atom. The van der Waals surface area contributed by atoms with E-state index in [1.807, 2.05) is 11.8 Å². The van der Waals surface area contributed by atoms with E-state index in [2.05, 4.69) is 27.2 Å². The van der Waals surface area contributed by atoms with Gasteiger partial charge in [-0.1, -0.05) is 13.3 Å². The number of thioether (sulfide) groups is 1. The lowest BCUT2D eigenvalue weighted by Crippen LogP contribution is -2.34. The molecule has 2 rings (SSSR count). The number of nitrogens with one attached hydrogen (secondary N) is 1. The second kappa shape index (κ2) is 6.07.